The summed E-state index contributed by atoms with van der Waals surface area (Å²) in [7, 11) is 1.30. The number of ether oxygens (including phenoxy) is 1. The zero-order chi connectivity index (χ0) is 16.2. The van der Waals surface area contributed by atoms with Gasteiger partial charge >= 0.3 is 5.97 Å². The average molecular weight is 365 g/mol. The summed E-state index contributed by atoms with van der Waals surface area (Å²) in [6, 6.07) is 3.96. The lowest BCUT2D eigenvalue weighted by atomic mass is 10.3. The molecular weight excluding hydrogens is 354 g/mol. The lowest BCUT2D eigenvalue weighted by Gasteiger charge is -1.98. The van der Waals surface area contributed by atoms with Gasteiger partial charge in [-0.15, -0.1) is 22.7 Å². The van der Waals surface area contributed by atoms with E-state index in [-0.39, 0.29) is 12.3 Å². The number of hydrogen-bond donors (Lipinski definition) is 1. The number of amides is 1. The maximum Gasteiger partial charge on any atom is 0.349 e. The van der Waals surface area contributed by atoms with Gasteiger partial charge in [0.2, 0.25) is 5.91 Å². The molecule has 1 amide bonds. The van der Waals surface area contributed by atoms with Crippen LogP contribution < -0.4 is 5.32 Å². The van der Waals surface area contributed by atoms with Crippen molar-refractivity contribution in [1.29, 1.82) is 0 Å². The Balaban J connectivity index is 1.61. The summed E-state index contributed by atoms with van der Waals surface area (Å²) in [6.07, 6.45) is 1.54. The van der Waals surface area contributed by atoms with Gasteiger partial charge in [0.25, 0.3) is 0 Å². The van der Waals surface area contributed by atoms with E-state index in [1.807, 2.05) is 22.9 Å². The fourth-order valence-corrected chi connectivity index (χ4v) is 4.14. The number of thiazole rings is 2. The van der Waals surface area contributed by atoms with E-state index >= 15 is 0 Å². The van der Waals surface area contributed by atoms with E-state index in [1.54, 1.807) is 11.3 Å². The molecule has 6 nitrogen and oxygen atoms in total. The first-order valence-electron chi connectivity index (χ1n) is 6.48. The van der Waals surface area contributed by atoms with Crippen molar-refractivity contribution in [2.75, 3.05) is 12.4 Å². The van der Waals surface area contributed by atoms with Crippen molar-refractivity contribution in [3.8, 4) is 9.88 Å². The topological polar surface area (TPSA) is 81.2 Å². The van der Waals surface area contributed by atoms with Gasteiger partial charge in [-0.05, 0) is 11.4 Å². The van der Waals surface area contributed by atoms with Crippen LogP contribution in [0.3, 0.4) is 0 Å². The van der Waals surface area contributed by atoms with Crippen molar-refractivity contribution in [2.24, 2.45) is 0 Å². The molecule has 0 bridgehead atoms. The predicted molar refractivity (Wildman–Crippen MR) is 91.2 cm³/mol. The Bertz CT molecular complexity index is 823. The van der Waals surface area contributed by atoms with E-state index in [9.17, 15) is 9.59 Å². The Hall–Kier alpha value is -2.10. The number of anilines is 1. The second kappa shape index (κ2) is 6.99. The molecule has 0 aliphatic carbocycles. The highest BCUT2D eigenvalue weighted by atomic mass is 32.1. The van der Waals surface area contributed by atoms with E-state index in [0.29, 0.717) is 15.7 Å². The first kappa shape index (κ1) is 15.8. The quantitative estimate of drug-likeness (QED) is 0.702. The molecule has 0 aliphatic heterocycles. The highest BCUT2D eigenvalue weighted by Gasteiger charge is 2.14. The molecule has 3 aromatic rings. The van der Waals surface area contributed by atoms with Crippen molar-refractivity contribution in [3.05, 3.63) is 39.7 Å². The molecule has 0 fully saturated rings. The number of rotatable bonds is 5. The van der Waals surface area contributed by atoms with Gasteiger partial charge in [0.05, 0.1) is 30.3 Å². The van der Waals surface area contributed by atoms with Crippen LogP contribution in [0, 0.1) is 0 Å². The maximum absolute atomic E-state index is 12.0. The third-order valence-electron chi connectivity index (χ3n) is 2.76. The number of methoxy groups -OCH3 is 1. The van der Waals surface area contributed by atoms with Crippen LogP contribution in [-0.2, 0) is 16.0 Å². The van der Waals surface area contributed by atoms with Gasteiger partial charge in [0.1, 0.15) is 9.88 Å². The molecule has 0 atom stereocenters. The van der Waals surface area contributed by atoms with Gasteiger partial charge in [-0.3, -0.25) is 4.79 Å². The first-order valence-corrected chi connectivity index (χ1v) is 9.05. The van der Waals surface area contributed by atoms with Crippen molar-refractivity contribution in [3.63, 3.8) is 0 Å². The van der Waals surface area contributed by atoms with Gasteiger partial charge in [0, 0.05) is 5.38 Å². The summed E-state index contributed by atoms with van der Waals surface area (Å²) in [5, 5.41) is 7.80. The fourth-order valence-electron chi connectivity index (χ4n) is 1.76. The molecule has 0 radical (unpaired) electrons. The molecule has 0 unspecified atom stereocenters. The third-order valence-corrected chi connectivity index (χ3v) is 5.59. The molecule has 0 aliphatic rings. The van der Waals surface area contributed by atoms with Gasteiger partial charge in [-0.25, -0.2) is 14.8 Å². The summed E-state index contributed by atoms with van der Waals surface area (Å²) in [4.78, 5) is 33.3. The zero-order valence-electron chi connectivity index (χ0n) is 11.9. The molecule has 0 saturated carbocycles. The van der Waals surface area contributed by atoms with Crippen molar-refractivity contribution < 1.29 is 14.3 Å². The third kappa shape index (κ3) is 3.81. The van der Waals surface area contributed by atoms with Gasteiger partial charge in [-0.1, -0.05) is 17.4 Å². The molecule has 3 heterocycles. The monoisotopic (exact) mass is 365 g/mol. The van der Waals surface area contributed by atoms with E-state index in [4.69, 9.17) is 0 Å². The van der Waals surface area contributed by atoms with E-state index in [2.05, 4.69) is 20.0 Å². The number of aromatic nitrogens is 2. The molecule has 0 aromatic carbocycles. The Morgan fingerprint density at radius 3 is 2.96 bits per heavy atom. The Morgan fingerprint density at radius 1 is 1.35 bits per heavy atom. The van der Waals surface area contributed by atoms with Gasteiger partial charge in [-0.2, -0.15) is 0 Å². The minimum Gasteiger partial charge on any atom is -0.465 e. The van der Waals surface area contributed by atoms with Crippen LogP contribution in [0.2, 0.25) is 0 Å². The molecule has 0 saturated heterocycles. The van der Waals surface area contributed by atoms with Crippen LogP contribution in [0.15, 0.2) is 29.1 Å². The number of nitrogens with zero attached hydrogens (tertiary/aromatic N) is 2. The Morgan fingerprint density at radius 2 is 2.22 bits per heavy atom. The maximum atomic E-state index is 12.0. The van der Waals surface area contributed by atoms with Crippen molar-refractivity contribution in [2.45, 2.75) is 6.42 Å². The van der Waals surface area contributed by atoms with Crippen LogP contribution >= 0.6 is 34.0 Å². The number of hydrogen-bond acceptors (Lipinski definition) is 8. The van der Waals surface area contributed by atoms with Crippen molar-refractivity contribution >= 4 is 51.0 Å². The summed E-state index contributed by atoms with van der Waals surface area (Å²) in [5.74, 6) is -0.693. The zero-order valence-corrected chi connectivity index (χ0v) is 14.4. The van der Waals surface area contributed by atoms with E-state index in [0.717, 1.165) is 21.2 Å². The average Bonchev–Trinajstić information content (AvgIpc) is 3.27. The SMILES string of the molecule is COC(=O)c1cnc(NC(=O)Cc2csc(-c3cccs3)n2)s1. The second-order valence-corrected chi connectivity index (χ2v) is 7.20. The minimum atomic E-state index is -0.469. The van der Waals surface area contributed by atoms with Crippen LogP contribution in [0.1, 0.15) is 15.4 Å². The molecular formula is C14H11N3O3S3. The lowest BCUT2D eigenvalue weighted by Crippen LogP contribution is -2.14. The van der Waals surface area contributed by atoms with E-state index in [1.165, 1.54) is 24.6 Å². The largest absolute Gasteiger partial charge is 0.465 e. The Kier molecular flexibility index (Phi) is 4.79. The van der Waals surface area contributed by atoms with Crippen LogP contribution in [0.25, 0.3) is 9.88 Å². The minimum absolute atomic E-state index is 0.162. The second-order valence-electron chi connectivity index (χ2n) is 4.37. The molecule has 23 heavy (non-hydrogen) atoms. The normalized spacial score (nSPS) is 10.5. The first-order chi connectivity index (χ1) is 11.2. The van der Waals surface area contributed by atoms with Gasteiger partial charge < -0.3 is 10.1 Å². The van der Waals surface area contributed by atoms with Crippen LogP contribution in [0.4, 0.5) is 5.13 Å². The predicted octanol–water partition coefficient (Wildman–Crippen LogP) is 3.30. The molecule has 0 spiro atoms. The smallest absolute Gasteiger partial charge is 0.349 e. The molecule has 118 valence electrons. The molecule has 3 rings (SSSR count). The summed E-state index contributed by atoms with van der Waals surface area (Å²) in [6.45, 7) is 0. The standard InChI is InChI=1S/C14H11N3O3S3/c1-20-13(19)10-6-15-14(23-10)17-11(18)5-8-7-22-12(16-8)9-3-2-4-21-9/h2-4,6-7H,5H2,1H3,(H,15,17,18). The lowest BCUT2D eigenvalue weighted by molar-refractivity contribution is -0.115. The molecule has 9 heteroatoms. The summed E-state index contributed by atoms with van der Waals surface area (Å²) < 4.78 is 4.60. The number of carbonyl (C=O) groups excluding carboxylic acids is 2. The highest BCUT2D eigenvalue weighted by molar-refractivity contribution is 7.20. The van der Waals surface area contributed by atoms with Gasteiger partial charge in [0.15, 0.2) is 5.13 Å². The number of nitrogens with one attached hydrogen (secondary N) is 1. The highest BCUT2D eigenvalue weighted by Crippen LogP contribution is 2.28. The van der Waals surface area contributed by atoms with Crippen LogP contribution in [0.5, 0.6) is 0 Å². The summed E-state index contributed by atoms with van der Waals surface area (Å²) in [5.41, 5.74) is 0.709. The number of esters is 1. The van der Waals surface area contributed by atoms with Crippen LogP contribution in [-0.4, -0.2) is 29.0 Å². The fraction of sp³-hybridized carbons (Fsp3) is 0.143. The van der Waals surface area contributed by atoms with E-state index < -0.39 is 5.97 Å². The number of thiophene rings is 1. The van der Waals surface area contributed by atoms with Crippen molar-refractivity contribution in [1.82, 2.24) is 9.97 Å². The number of carbonyl (C=O) groups is 2. The summed E-state index contributed by atoms with van der Waals surface area (Å²) >= 11 is 4.20. The molecule has 1 N–H and O–H groups in total. The Labute approximate surface area is 143 Å². The molecule has 3 aromatic heterocycles.